The van der Waals surface area contributed by atoms with Gasteiger partial charge in [-0.05, 0) is 74.1 Å². The SMILES string of the molecule is CC(C)NC(=O)Nc1ccc(C(=O)Nc2ccc(SC(=O)N(C)C)cc2)cc1. The fraction of sp³-hybridized carbons (Fsp3) is 0.250. The summed E-state index contributed by atoms with van der Waals surface area (Å²) in [5.74, 6) is -0.261. The lowest BCUT2D eigenvalue weighted by molar-refractivity contribution is 0.102. The summed E-state index contributed by atoms with van der Waals surface area (Å²) >= 11 is 1.12. The van der Waals surface area contributed by atoms with E-state index in [1.165, 1.54) is 4.90 Å². The number of hydrogen-bond donors (Lipinski definition) is 3. The highest BCUT2D eigenvalue weighted by molar-refractivity contribution is 8.13. The summed E-state index contributed by atoms with van der Waals surface area (Å²) in [6, 6.07) is 13.4. The summed E-state index contributed by atoms with van der Waals surface area (Å²) < 4.78 is 0. The van der Waals surface area contributed by atoms with E-state index in [-0.39, 0.29) is 23.2 Å². The molecule has 7 nitrogen and oxygen atoms in total. The lowest BCUT2D eigenvalue weighted by Crippen LogP contribution is -2.34. The lowest BCUT2D eigenvalue weighted by atomic mass is 10.2. The first-order valence-corrected chi connectivity index (χ1v) is 9.54. The predicted octanol–water partition coefficient (Wildman–Crippen LogP) is 4.24. The van der Waals surface area contributed by atoms with Crippen LogP contribution in [0.2, 0.25) is 0 Å². The van der Waals surface area contributed by atoms with Gasteiger partial charge in [0, 0.05) is 42.0 Å². The minimum atomic E-state index is -0.294. The van der Waals surface area contributed by atoms with Crippen LogP contribution in [0, 0.1) is 0 Å². The smallest absolute Gasteiger partial charge is 0.319 e. The summed E-state index contributed by atoms with van der Waals surface area (Å²) in [5, 5.41) is 8.17. The molecule has 0 bridgehead atoms. The first kappa shape index (κ1) is 21.3. The second-order valence-corrected chi connectivity index (χ2v) is 7.60. The summed E-state index contributed by atoms with van der Waals surface area (Å²) in [7, 11) is 3.39. The van der Waals surface area contributed by atoms with Crippen molar-refractivity contribution < 1.29 is 14.4 Å². The zero-order chi connectivity index (χ0) is 20.7. The molecule has 0 radical (unpaired) electrons. The molecular weight excluding hydrogens is 376 g/mol. The molecule has 2 aromatic carbocycles. The van der Waals surface area contributed by atoms with Crippen LogP contribution in [0.4, 0.5) is 21.0 Å². The first-order valence-electron chi connectivity index (χ1n) is 8.72. The number of nitrogens with one attached hydrogen (secondary N) is 3. The fourth-order valence-electron chi connectivity index (χ4n) is 2.14. The second kappa shape index (κ2) is 9.80. The van der Waals surface area contributed by atoms with E-state index in [4.69, 9.17) is 0 Å². The Morgan fingerprint density at radius 3 is 1.93 bits per heavy atom. The number of anilines is 2. The van der Waals surface area contributed by atoms with Crippen LogP contribution in [0.1, 0.15) is 24.2 Å². The third-order valence-electron chi connectivity index (χ3n) is 3.51. The van der Waals surface area contributed by atoms with Crippen LogP contribution < -0.4 is 16.0 Å². The monoisotopic (exact) mass is 400 g/mol. The number of carbonyl (C=O) groups excluding carboxylic acids is 3. The van der Waals surface area contributed by atoms with Gasteiger partial charge in [0.05, 0.1) is 0 Å². The van der Waals surface area contributed by atoms with Gasteiger partial charge in [0.2, 0.25) is 0 Å². The van der Waals surface area contributed by atoms with Crippen LogP contribution in [-0.2, 0) is 0 Å². The second-order valence-electron chi connectivity index (χ2n) is 6.57. The molecule has 2 aromatic rings. The highest BCUT2D eigenvalue weighted by Crippen LogP contribution is 2.22. The van der Waals surface area contributed by atoms with Gasteiger partial charge in [0.25, 0.3) is 11.1 Å². The van der Waals surface area contributed by atoms with Crippen molar-refractivity contribution in [1.82, 2.24) is 10.2 Å². The summed E-state index contributed by atoms with van der Waals surface area (Å²) in [5.41, 5.74) is 1.70. The molecule has 2 rings (SSSR count). The van der Waals surface area contributed by atoms with Gasteiger partial charge < -0.3 is 20.9 Å². The zero-order valence-corrected chi connectivity index (χ0v) is 17.1. The zero-order valence-electron chi connectivity index (χ0n) is 16.3. The highest BCUT2D eigenvalue weighted by atomic mass is 32.2. The van der Waals surface area contributed by atoms with Gasteiger partial charge in [0.15, 0.2) is 0 Å². The van der Waals surface area contributed by atoms with Crippen LogP contribution >= 0.6 is 11.8 Å². The van der Waals surface area contributed by atoms with Gasteiger partial charge in [-0.1, -0.05) is 0 Å². The molecule has 148 valence electrons. The molecule has 0 saturated carbocycles. The van der Waals surface area contributed by atoms with E-state index < -0.39 is 0 Å². The van der Waals surface area contributed by atoms with Crippen LogP contribution in [-0.4, -0.2) is 42.2 Å². The lowest BCUT2D eigenvalue weighted by Gasteiger charge is -2.11. The molecule has 0 fully saturated rings. The fourth-order valence-corrected chi connectivity index (χ4v) is 2.79. The molecule has 8 heteroatoms. The molecule has 0 saturated heterocycles. The Balaban J connectivity index is 1.93. The average Bonchev–Trinajstić information content (AvgIpc) is 2.63. The molecule has 0 atom stereocenters. The molecule has 0 aliphatic heterocycles. The van der Waals surface area contributed by atoms with Gasteiger partial charge in [-0.15, -0.1) is 0 Å². The summed E-state index contributed by atoms with van der Waals surface area (Å²) in [6.45, 7) is 3.75. The van der Waals surface area contributed by atoms with E-state index in [0.29, 0.717) is 16.9 Å². The molecule has 0 aromatic heterocycles. The van der Waals surface area contributed by atoms with Crippen LogP contribution in [0.25, 0.3) is 0 Å². The van der Waals surface area contributed by atoms with E-state index >= 15 is 0 Å². The number of benzene rings is 2. The van der Waals surface area contributed by atoms with Crippen molar-refractivity contribution in [3.8, 4) is 0 Å². The van der Waals surface area contributed by atoms with Crippen LogP contribution in [0.3, 0.4) is 0 Å². The van der Waals surface area contributed by atoms with Crippen molar-refractivity contribution >= 4 is 40.3 Å². The van der Waals surface area contributed by atoms with E-state index in [0.717, 1.165) is 16.7 Å². The van der Waals surface area contributed by atoms with Gasteiger partial charge in [-0.25, -0.2) is 4.79 Å². The number of thioether (sulfide) groups is 1. The minimum Gasteiger partial charge on any atom is -0.339 e. The third-order valence-corrected chi connectivity index (χ3v) is 4.55. The number of hydrogen-bond acceptors (Lipinski definition) is 4. The van der Waals surface area contributed by atoms with Crippen molar-refractivity contribution in [2.45, 2.75) is 24.8 Å². The Hall–Kier alpha value is -3.00. The predicted molar refractivity (Wildman–Crippen MR) is 113 cm³/mol. The number of amides is 4. The number of rotatable bonds is 5. The Morgan fingerprint density at radius 1 is 0.857 bits per heavy atom. The standard InChI is InChI=1S/C20H24N4O3S/c1-13(2)21-19(26)23-16-7-5-14(6-8-16)18(25)22-15-9-11-17(12-10-15)28-20(27)24(3)4/h5-13H,1-4H3,(H,22,25)(H2,21,23,26). The van der Waals surface area contributed by atoms with E-state index in [1.807, 2.05) is 13.8 Å². The average molecular weight is 401 g/mol. The molecule has 0 unspecified atom stereocenters. The topological polar surface area (TPSA) is 90.5 Å². The van der Waals surface area contributed by atoms with Gasteiger partial charge in [-0.2, -0.15) is 0 Å². The molecule has 0 aliphatic carbocycles. The maximum Gasteiger partial charge on any atom is 0.319 e. The Bertz CT molecular complexity index is 834. The van der Waals surface area contributed by atoms with E-state index in [2.05, 4.69) is 16.0 Å². The molecule has 0 aliphatic rings. The van der Waals surface area contributed by atoms with Crippen molar-refractivity contribution in [3.63, 3.8) is 0 Å². The Labute approximate surface area is 168 Å². The molecule has 4 amide bonds. The van der Waals surface area contributed by atoms with Gasteiger partial charge in [0.1, 0.15) is 0 Å². The Kier molecular flexibility index (Phi) is 7.45. The maximum absolute atomic E-state index is 12.4. The normalized spacial score (nSPS) is 10.3. The van der Waals surface area contributed by atoms with E-state index in [9.17, 15) is 14.4 Å². The van der Waals surface area contributed by atoms with Crippen LogP contribution in [0.15, 0.2) is 53.4 Å². The van der Waals surface area contributed by atoms with Gasteiger partial charge >= 0.3 is 6.03 Å². The molecule has 28 heavy (non-hydrogen) atoms. The highest BCUT2D eigenvalue weighted by Gasteiger charge is 2.09. The van der Waals surface area contributed by atoms with Gasteiger partial charge in [-0.3, -0.25) is 9.59 Å². The summed E-state index contributed by atoms with van der Waals surface area (Å²) in [6.07, 6.45) is 0. The largest absolute Gasteiger partial charge is 0.339 e. The van der Waals surface area contributed by atoms with Crippen molar-refractivity contribution in [2.75, 3.05) is 24.7 Å². The third kappa shape index (κ3) is 6.62. The minimum absolute atomic E-state index is 0.0378. The van der Waals surface area contributed by atoms with Crippen molar-refractivity contribution in [3.05, 3.63) is 54.1 Å². The van der Waals surface area contributed by atoms with E-state index in [1.54, 1.807) is 62.6 Å². The first-order chi connectivity index (χ1) is 13.2. The molecule has 0 spiro atoms. The summed E-state index contributed by atoms with van der Waals surface area (Å²) in [4.78, 5) is 38.1. The number of carbonyl (C=O) groups is 3. The molecular formula is C20H24N4O3S. The maximum atomic E-state index is 12.4. The van der Waals surface area contributed by atoms with Crippen molar-refractivity contribution in [2.24, 2.45) is 0 Å². The Morgan fingerprint density at radius 2 is 1.39 bits per heavy atom. The molecule has 3 N–H and O–H groups in total. The quantitative estimate of drug-likeness (QED) is 0.655. The van der Waals surface area contributed by atoms with Crippen molar-refractivity contribution in [1.29, 1.82) is 0 Å². The number of urea groups is 1. The van der Waals surface area contributed by atoms with Crippen LogP contribution in [0.5, 0.6) is 0 Å². The number of nitrogens with zero attached hydrogens (tertiary/aromatic N) is 1. The molecule has 0 heterocycles.